The molecule has 0 aliphatic carbocycles. The highest BCUT2D eigenvalue weighted by molar-refractivity contribution is 4.95. The first-order valence-corrected chi connectivity index (χ1v) is 2.98. The second-order valence-electron chi connectivity index (χ2n) is 2.73. The molecule has 1 heterocycles. The van der Waals surface area contributed by atoms with Crippen LogP contribution in [0.1, 0.15) is 20.8 Å². The molecule has 1 aliphatic rings. The van der Waals surface area contributed by atoms with E-state index in [2.05, 4.69) is 26.1 Å². The maximum atomic E-state index is 3.33. The van der Waals surface area contributed by atoms with Gasteiger partial charge in [0.15, 0.2) is 0 Å². The Kier molecular flexibility index (Phi) is 1.08. The summed E-state index contributed by atoms with van der Waals surface area (Å²) in [7, 11) is 0. The highest BCUT2D eigenvalue weighted by Gasteiger charge is 2.33. The molecule has 2 atom stereocenters. The van der Waals surface area contributed by atoms with E-state index in [4.69, 9.17) is 0 Å². The van der Waals surface area contributed by atoms with Crippen LogP contribution in [0.2, 0.25) is 0 Å². The van der Waals surface area contributed by atoms with Crippen LogP contribution in [0.4, 0.5) is 0 Å². The van der Waals surface area contributed by atoms with Gasteiger partial charge >= 0.3 is 0 Å². The standard InChI is InChI=1S/C6H13N/c1-4(2)6-5(3)7-6/h4-7H,1-3H3/t5-,6-/m1/s1. The van der Waals surface area contributed by atoms with Crippen LogP contribution >= 0.6 is 0 Å². The van der Waals surface area contributed by atoms with E-state index in [1.54, 1.807) is 0 Å². The summed E-state index contributed by atoms with van der Waals surface area (Å²) in [4.78, 5) is 0. The Hall–Kier alpha value is -0.0400. The van der Waals surface area contributed by atoms with Gasteiger partial charge in [0.2, 0.25) is 0 Å². The number of hydrogen-bond donors (Lipinski definition) is 1. The van der Waals surface area contributed by atoms with Gasteiger partial charge in [0.25, 0.3) is 0 Å². The predicted octanol–water partition coefficient (Wildman–Crippen LogP) is 1.00. The highest BCUT2D eigenvalue weighted by Crippen LogP contribution is 2.17. The molecule has 0 aromatic carbocycles. The van der Waals surface area contributed by atoms with Crippen LogP contribution in [-0.4, -0.2) is 12.1 Å². The fourth-order valence-corrected chi connectivity index (χ4v) is 1.02. The zero-order chi connectivity index (χ0) is 5.44. The van der Waals surface area contributed by atoms with Crippen molar-refractivity contribution in [1.29, 1.82) is 0 Å². The van der Waals surface area contributed by atoms with E-state index in [1.807, 2.05) is 0 Å². The monoisotopic (exact) mass is 99.1 g/mol. The molecule has 0 unspecified atom stereocenters. The molecule has 1 saturated heterocycles. The molecule has 1 aliphatic heterocycles. The van der Waals surface area contributed by atoms with E-state index in [1.165, 1.54) is 0 Å². The van der Waals surface area contributed by atoms with Crippen LogP contribution in [0.25, 0.3) is 0 Å². The third-order valence-electron chi connectivity index (χ3n) is 1.60. The van der Waals surface area contributed by atoms with Crippen molar-refractivity contribution in [2.24, 2.45) is 5.92 Å². The fraction of sp³-hybridized carbons (Fsp3) is 1.00. The lowest BCUT2D eigenvalue weighted by molar-refractivity contribution is 0.621. The minimum Gasteiger partial charge on any atom is -0.308 e. The summed E-state index contributed by atoms with van der Waals surface area (Å²) >= 11 is 0. The summed E-state index contributed by atoms with van der Waals surface area (Å²) in [6.07, 6.45) is 0. The van der Waals surface area contributed by atoms with E-state index < -0.39 is 0 Å². The number of rotatable bonds is 1. The maximum Gasteiger partial charge on any atom is 0.0244 e. The summed E-state index contributed by atoms with van der Waals surface area (Å²) in [5.74, 6) is 0.829. The van der Waals surface area contributed by atoms with Crippen LogP contribution in [0.5, 0.6) is 0 Å². The summed E-state index contributed by atoms with van der Waals surface area (Å²) in [5, 5.41) is 3.33. The van der Waals surface area contributed by atoms with E-state index in [9.17, 15) is 0 Å². The van der Waals surface area contributed by atoms with Gasteiger partial charge in [0.05, 0.1) is 0 Å². The van der Waals surface area contributed by atoms with Crippen molar-refractivity contribution >= 4 is 0 Å². The van der Waals surface area contributed by atoms with Gasteiger partial charge in [-0.05, 0) is 12.8 Å². The van der Waals surface area contributed by atoms with Gasteiger partial charge in [-0.3, -0.25) is 0 Å². The van der Waals surface area contributed by atoms with Crippen LogP contribution in [-0.2, 0) is 0 Å². The lowest BCUT2D eigenvalue weighted by atomic mass is 10.1. The number of hydrogen-bond acceptors (Lipinski definition) is 1. The molecular formula is C6H13N. The van der Waals surface area contributed by atoms with Crippen molar-refractivity contribution in [2.45, 2.75) is 32.9 Å². The quantitative estimate of drug-likeness (QED) is 0.487. The van der Waals surface area contributed by atoms with Crippen molar-refractivity contribution in [3.05, 3.63) is 0 Å². The molecule has 1 nitrogen and oxygen atoms in total. The highest BCUT2D eigenvalue weighted by atomic mass is 15.1. The largest absolute Gasteiger partial charge is 0.308 e. The lowest BCUT2D eigenvalue weighted by Gasteiger charge is -1.94. The molecule has 1 rings (SSSR count). The predicted molar refractivity (Wildman–Crippen MR) is 31.2 cm³/mol. The average Bonchev–Trinajstić information content (AvgIpc) is 2.17. The molecule has 0 aromatic heterocycles. The first-order chi connectivity index (χ1) is 3.22. The molecule has 0 amide bonds. The van der Waals surface area contributed by atoms with Crippen molar-refractivity contribution in [2.75, 3.05) is 0 Å². The molecule has 1 heteroatoms. The van der Waals surface area contributed by atoms with E-state index in [0.29, 0.717) is 0 Å². The minimum absolute atomic E-state index is 0.792. The molecule has 0 saturated carbocycles. The summed E-state index contributed by atoms with van der Waals surface area (Å²) in [6, 6.07) is 1.61. The second-order valence-corrected chi connectivity index (χ2v) is 2.73. The van der Waals surface area contributed by atoms with Gasteiger partial charge in [-0.1, -0.05) is 13.8 Å². The zero-order valence-corrected chi connectivity index (χ0v) is 5.23. The SMILES string of the molecule is CC(C)[C@H]1N[C@@H]1C. The van der Waals surface area contributed by atoms with E-state index in [-0.39, 0.29) is 0 Å². The lowest BCUT2D eigenvalue weighted by Crippen LogP contribution is -2.00. The normalized spacial score (nSPS) is 39.4. The minimum atomic E-state index is 0.792. The van der Waals surface area contributed by atoms with Gasteiger partial charge in [0, 0.05) is 12.1 Å². The van der Waals surface area contributed by atoms with Crippen LogP contribution in [0.15, 0.2) is 0 Å². The Morgan fingerprint density at radius 1 is 1.43 bits per heavy atom. The van der Waals surface area contributed by atoms with Crippen molar-refractivity contribution < 1.29 is 0 Å². The molecule has 42 valence electrons. The number of nitrogens with one attached hydrogen (secondary N) is 1. The Morgan fingerprint density at radius 2 is 1.86 bits per heavy atom. The van der Waals surface area contributed by atoms with Crippen LogP contribution < -0.4 is 5.32 Å². The van der Waals surface area contributed by atoms with E-state index >= 15 is 0 Å². The fourth-order valence-electron chi connectivity index (χ4n) is 1.02. The smallest absolute Gasteiger partial charge is 0.0244 e. The van der Waals surface area contributed by atoms with E-state index in [0.717, 1.165) is 18.0 Å². The summed E-state index contributed by atoms with van der Waals surface area (Å²) in [5.41, 5.74) is 0. The van der Waals surface area contributed by atoms with Gasteiger partial charge in [0.1, 0.15) is 0 Å². The zero-order valence-electron chi connectivity index (χ0n) is 5.23. The molecule has 0 radical (unpaired) electrons. The van der Waals surface area contributed by atoms with Crippen molar-refractivity contribution in [1.82, 2.24) is 5.32 Å². The first kappa shape index (κ1) is 5.10. The molecular weight excluding hydrogens is 86.1 g/mol. The third kappa shape index (κ3) is 0.942. The van der Waals surface area contributed by atoms with Crippen molar-refractivity contribution in [3.8, 4) is 0 Å². The van der Waals surface area contributed by atoms with Crippen LogP contribution in [0, 0.1) is 5.92 Å². The molecule has 1 N–H and O–H groups in total. The molecule has 0 aromatic rings. The second kappa shape index (κ2) is 1.48. The van der Waals surface area contributed by atoms with Crippen molar-refractivity contribution in [3.63, 3.8) is 0 Å². The summed E-state index contributed by atoms with van der Waals surface area (Å²) < 4.78 is 0. The topological polar surface area (TPSA) is 21.9 Å². The first-order valence-electron chi connectivity index (χ1n) is 2.98. The molecule has 0 spiro atoms. The van der Waals surface area contributed by atoms with Gasteiger partial charge in [-0.15, -0.1) is 0 Å². The molecule has 1 fully saturated rings. The van der Waals surface area contributed by atoms with Gasteiger partial charge in [-0.2, -0.15) is 0 Å². The maximum absolute atomic E-state index is 3.33. The molecule has 7 heavy (non-hydrogen) atoms. The third-order valence-corrected chi connectivity index (χ3v) is 1.60. The Bertz CT molecular complexity index is 68.6. The summed E-state index contributed by atoms with van der Waals surface area (Å²) in [6.45, 7) is 6.73. The Morgan fingerprint density at radius 3 is 1.86 bits per heavy atom. The van der Waals surface area contributed by atoms with Crippen LogP contribution in [0.3, 0.4) is 0 Å². The van der Waals surface area contributed by atoms with Gasteiger partial charge in [-0.25, -0.2) is 0 Å². The Labute approximate surface area is 45.1 Å². The average molecular weight is 99.2 g/mol. The van der Waals surface area contributed by atoms with Gasteiger partial charge < -0.3 is 5.32 Å². The molecule has 0 bridgehead atoms. The Balaban J connectivity index is 2.20.